The molecule has 2 N–H and O–H groups in total. The predicted octanol–water partition coefficient (Wildman–Crippen LogP) is 5.27. The number of piperidine rings is 2. The van der Waals surface area contributed by atoms with E-state index in [1.165, 1.54) is 44.2 Å². The van der Waals surface area contributed by atoms with Gasteiger partial charge < -0.3 is 25.2 Å². The molecular formula is C29H41FN6OS. The van der Waals surface area contributed by atoms with E-state index in [0.29, 0.717) is 42.8 Å². The Hall–Kier alpha value is -2.52. The normalized spacial score (nSPS) is 23.7. The summed E-state index contributed by atoms with van der Waals surface area (Å²) < 4.78 is 19.3. The molecule has 9 heteroatoms. The number of nitrogens with zero attached hydrogens (tertiary/aromatic N) is 4. The van der Waals surface area contributed by atoms with Crippen LogP contribution in [0, 0.1) is 11.7 Å². The lowest BCUT2D eigenvalue weighted by atomic mass is 9.74. The van der Waals surface area contributed by atoms with Gasteiger partial charge in [-0.1, -0.05) is 19.1 Å². The number of benzene rings is 1. The van der Waals surface area contributed by atoms with Gasteiger partial charge >= 0.3 is 0 Å². The minimum absolute atomic E-state index is 0.168. The average Bonchev–Trinajstić information content (AvgIpc) is 2.93. The van der Waals surface area contributed by atoms with E-state index in [0.717, 1.165) is 49.7 Å². The summed E-state index contributed by atoms with van der Waals surface area (Å²) in [5.74, 6) is 2.90. The van der Waals surface area contributed by atoms with E-state index in [4.69, 9.17) is 26.9 Å². The first-order valence-electron chi connectivity index (χ1n) is 14.2. The van der Waals surface area contributed by atoms with Crippen molar-refractivity contribution >= 4 is 34.9 Å². The van der Waals surface area contributed by atoms with Gasteiger partial charge in [0, 0.05) is 56.9 Å². The summed E-state index contributed by atoms with van der Waals surface area (Å²) in [5.41, 5.74) is 0.940. The lowest BCUT2D eigenvalue weighted by Gasteiger charge is -2.38. The van der Waals surface area contributed by atoms with Crippen molar-refractivity contribution < 1.29 is 9.13 Å². The third-order valence-corrected chi connectivity index (χ3v) is 8.74. The lowest BCUT2D eigenvalue weighted by molar-refractivity contribution is 0.0515. The standard InChI is InChI=1S/C29H41FN6OS/c1-21-6-5-14-35(19-21)25-18-26(36-15-4-3-7-22(36)2)33-27(32-25)34-28(38)31-20-29(12-16-37-17-13-29)23-8-10-24(30)11-9-23/h8-11,18,21-22H,3-7,12-17,19-20H2,1-2H3,(H2,31,32,33,34,38). The lowest BCUT2D eigenvalue weighted by Crippen LogP contribution is -2.45. The number of hydrogen-bond donors (Lipinski definition) is 2. The van der Waals surface area contributed by atoms with E-state index < -0.39 is 0 Å². The first-order valence-corrected chi connectivity index (χ1v) is 14.6. The van der Waals surface area contributed by atoms with Gasteiger partial charge in [0.1, 0.15) is 17.5 Å². The number of nitrogens with one attached hydrogen (secondary N) is 2. The molecule has 38 heavy (non-hydrogen) atoms. The highest BCUT2D eigenvalue weighted by atomic mass is 32.1. The fourth-order valence-electron chi connectivity index (χ4n) is 6.15. The zero-order valence-corrected chi connectivity index (χ0v) is 23.5. The summed E-state index contributed by atoms with van der Waals surface area (Å²) in [6.45, 7) is 9.62. The van der Waals surface area contributed by atoms with Crippen molar-refractivity contribution in [3.8, 4) is 0 Å². The second-order valence-electron chi connectivity index (χ2n) is 11.3. The molecule has 0 amide bonds. The van der Waals surface area contributed by atoms with Crippen molar-refractivity contribution in [2.75, 3.05) is 54.5 Å². The zero-order valence-electron chi connectivity index (χ0n) is 22.7. The van der Waals surface area contributed by atoms with Crippen LogP contribution in [0.5, 0.6) is 0 Å². The van der Waals surface area contributed by atoms with E-state index in [-0.39, 0.29) is 11.2 Å². The Labute approximate surface area is 231 Å². The largest absolute Gasteiger partial charge is 0.381 e. The van der Waals surface area contributed by atoms with Gasteiger partial charge in [0.15, 0.2) is 5.11 Å². The third kappa shape index (κ3) is 6.37. The second-order valence-corrected chi connectivity index (χ2v) is 11.8. The summed E-state index contributed by atoms with van der Waals surface area (Å²) in [4.78, 5) is 14.7. The molecule has 2 unspecified atom stereocenters. The summed E-state index contributed by atoms with van der Waals surface area (Å²) >= 11 is 5.75. The highest BCUT2D eigenvalue weighted by Crippen LogP contribution is 2.35. The molecule has 2 aromatic rings. The van der Waals surface area contributed by atoms with Crippen LogP contribution < -0.4 is 20.4 Å². The van der Waals surface area contributed by atoms with E-state index in [1.807, 2.05) is 12.1 Å². The van der Waals surface area contributed by atoms with Gasteiger partial charge in [-0.25, -0.2) is 4.39 Å². The molecule has 0 radical (unpaired) electrons. The SMILES string of the molecule is CC1CCCN(c2cc(N3CCCCC3C)nc(NC(=S)NCC3(c4ccc(F)cc4)CCOCC3)n2)C1. The molecule has 2 atom stereocenters. The van der Waals surface area contributed by atoms with E-state index >= 15 is 0 Å². The van der Waals surface area contributed by atoms with Crippen molar-refractivity contribution in [1.29, 1.82) is 0 Å². The molecular weight excluding hydrogens is 499 g/mol. The van der Waals surface area contributed by atoms with Gasteiger partial charge in [0.25, 0.3) is 0 Å². The molecule has 0 spiro atoms. The van der Waals surface area contributed by atoms with Gasteiger partial charge in [0.05, 0.1) is 0 Å². The van der Waals surface area contributed by atoms with Gasteiger partial charge in [0.2, 0.25) is 5.95 Å². The van der Waals surface area contributed by atoms with Crippen molar-refractivity contribution in [2.24, 2.45) is 5.92 Å². The van der Waals surface area contributed by atoms with Gasteiger partial charge in [-0.3, -0.25) is 0 Å². The number of ether oxygens (including phenoxy) is 1. The van der Waals surface area contributed by atoms with Crippen LogP contribution in [-0.4, -0.2) is 60.5 Å². The van der Waals surface area contributed by atoms with E-state index in [2.05, 4.69) is 40.3 Å². The van der Waals surface area contributed by atoms with E-state index in [1.54, 1.807) is 0 Å². The smallest absolute Gasteiger partial charge is 0.232 e. The molecule has 3 saturated heterocycles. The van der Waals surface area contributed by atoms with Crippen LogP contribution >= 0.6 is 12.2 Å². The summed E-state index contributed by atoms with van der Waals surface area (Å²) in [7, 11) is 0. The Morgan fingerprint density at radius 3 is 2.55 bits per heavy atom. The van der Waals surface area contributed by atoms with Crippen molar-refractivity contribution in [3.63, 3.8) is 0 Å². The monoisotopic (exact) mass is 540 g/mol. The number of rotatable bonds is 6. The van der Waals surface area contributed by atoms with Crippen LogP contribution in [0.25, 0.3) is 0 Å². The minimum atomic E-state index is -0.222. The molecule has 4 heterocycles. The molecule has 7 nitrogen and oxygen atoms in total. The molecule has 0 saturated carbocycles. The van der Waals surface area contributed by atoms with Crippen LogP contribution in [0.3, 0.4) is 0 Å². The molecule has 5 rings (SSSR count). The highest BCUT2D eigenvalue weighted by Gasteiger charge is 2.35. The Morgan fingerprint density at radius 1 is 1.05 bits per heavy atom. The summed E-state index contributed by atoms with van der Waals surface area (Å²) in [5, 5.41) is 7.23. The number of aromatic nitrogens is 2. The van der Waals surface area contributed by atoms with Crippen LogP contribution in [0.1, 0.15) is 64.4 Å². The molecule has 1 aromatic heterocycles. The third-order valence-electron chi connectivity index (χ3n) is 8.50. The second kappa shape index (κ2) is 12.1. The van der Waals surface area contributed by atoms with Crippen molar-refractivity contribution in [1.82, 2.24) is 15.3 Å². The Morgan fingerprint density at radius 2 is 1.82 bits per heavy atom. The van der Waals surface area contributed by atoms with Crippen LogP contribution in [0.2, 0.25) is 0 Å². The number of hydrogen-bond acceptors (Lipinski definition) is 6. The van der Waals surface area contributed by atoms with Crippen LogP contribution in [-0.2, 0) is 10.2 Å². The topological polar surface area (TPSA) is 65.5 Å². The quantitative estimate of drug-likeness (QED) is 0.481. The zero-order chi connectivity index (χ0) is 26.5. The highest BCUT2D eigenvalue weighted by molar-refractivity contribution is 7.80. The predicted molar refractivity (Wildman–Crippen MR) is 156 cm³/mol. The minimum Gasteiger partial charge on any atom is -0.381 e. The van der Waals surface area contributed by atoms with E-state index in [9.17, 15) is 4.39 Å². The fourth-order valence-corrected chi connectivity index (χ4v) is 6.31. The molecule has 0 aliphatic carbocycles. The fraction of sp³-hybridized carbons (Fsp3) is 0.621. The van der Waals surface area contributed by atoms with Crippen molar-refractivity contribution in [3.05, 3.63) is 41.7 Å². The summed E-state index contributed by atoms with van der Waals surface area (Å²) in [6, 6.07) is 9.45. The van der Waals surface area contributed by atoms with Crippen molar-refractivity contribution in [2.45, 2.75) is 70.3 Å². The summed E-state index contributed by atoms with van der Waals surface area (Å²) in [6.07, 6.45) is 7.77. The molecule has 3 fully saturated rings. The van der Waals surface area contributed by atoms with Gasteiger partial charge in [-0.15, -0.1) is 0 Å². The van der Waals surface area contributed by atoms with Crippen LogP contribution in [0.15, 0.2) is 30.3 Å². The molecule has 3 aliphatic heterocycles. The maximum absolute atomic E-state index is 13.6. The Kier molecular flexibility index (Phi) is 8.63. The number of halogens is 1. The van der Waals surface area contributed by atoms with Crippen LogP contribution in [0.4, 0.5) is 22.0 Å². The Bertz CT molecular complexity index is 1090. The van der Waals surface area contributed by atoms with Gasteiger partial charge in [-0.2, -0.15) is 9.97 Å². The van der Waals surface area contributed by atoms with Gasteiger partial charge in [-0.05, 0) is 87.7 Å². The number of anilines is 3. The molecule has 0 bridgehead atoms. The first-order chi connectivity index (χ1) is 18.4. The Balaban J connectivity index is 1.34. The average molecular weight is 541 g/mol. The molecule has 206 valence electrons. The maximum Gasteiger partial charge on any atom is 0.232 e. The number of thiocarbonyl (C=S) groups is 1. The maximum atomic E-state index is 13.6. The molecule has 3 aliphatic rings. The molecule has 1 aromatic carbocycles. The first kappa shape index (κ1) is 27.1.